The zero-order valence-corrected chi connectivity index (χ0v) is 18.5. The molecule has 1 saturated heterocycles. The summed E-state index contributed by atoms with van der Waals surface area (Å²) in [5.41, 5.74) is 2.32. The van der Waals surface area contributed by atoms with Crippen molar-refractivity contribution >= 4 is 33.5 Å². The van der Waals surface area contributed by atoms with Crippen molar-refractivity contribution in [2.24, 2.45) is 0 Å². The number of benzene rings is 2. The van der Waals surface area contributed by atoms with Crippen LogP contribution in [0.15, 0.2) is 53.6 Å². The molecule has 29 heavy (non-hydrogen) atoms. The molecule has 1 aliphatic heterocycles. The standard InChI is InChI=1S/C22H26BNO4S/c1-15-7-10-17(11-8-15)29(25,26)24-14-19(18-12-9-16(2)13-20(18)24)23-27-21(3,4)22(5,6)28-23/h7-14H,1-6H3. The molecule has 2 aromatic carbocycles. The van der Waals surface area contributed by atoms with E-state index in [4.69, 9.17) is 9.31 Å². The SMILES string of the molecule is Cc1ccc(S(=O)(=O)n2cc(B3OC(C)(C)C(C)(C)O3)c3ccc(C)cc32)cc1. The number of nitrogens with zero attached hydrogens (tertiary/aromatic N) is 1. The van der Waals surface area contributed by atoms with E-state index < -0.39 is 28.3 Å². The molecule has 152 valence electrons. The van der Waals surface area contributed by atoms with E-state index in [0.717, 1.165) is 16.5 Å². The van der Waals surface area contributed by atoms with Crippen molar-refractivity contribution < 1.29 is 17.7 Å². The van der Waals surface area contributed by atoms with Crippen LogP contribution in [0.2, 0.25) is 0 Å². The molecule has 0 N–H and O–H groups in total. The highest BCUT2D eigenvalue weighted by Crippen LogP contribution is 2.37. The van der Waals surface area contributed by atoms with Crippen molar-refractivity contribution in [3.8, 4) is 0 Å². The monoisotopic (exact) mass is 411 g/mol. The number of aromatic nitrogens is 1. The molecule has 0 radical (unpaired) electrons. The molecule has 0 atom stereocenters. The van der Waals surface area contributed by atoms with Crippen LogP contribution in [-0.4, -0.2) is 30.7 Å². The average molecular weight is 411 g/mol. The van der Waals surface area contributed by atoms with Crippen LogP contribution in [0.4, 0.5) is 0 Å². The summed E-state index contributed by atoms with van der Waals surface area (Å²) in [6, 6.07) is 12.7. The highest BCUT2D eigenvalue weighted by atomic mass is 32.2. The molecule has 1 fully saturated rings. The molecular weight excluding hydrogens is 385 g/mol. The first-order valence-electron chi connectivity index (χ1n) is 9.72. The predicted octanol–water partition coefficient (Wildman–Crippen LogP) is 3.79. The highest BCUT2D eigenvalue weighted by molar-refractivity contribution is 7.90. The minimum Gasteiger partial charge on any atom is -0.399 e. The van der Waals surface area contributed by atoms with E-state index in [1.165, 1.54) is 3.97 Å². The average Bonchev–Trinajstić information content (AvgIpc) is 3.09. The largest absolute Gasteiger partial charge is 0.497 e. The lowest BCUT2D eigenvalue weighted by Crippen LogP contribution is -2.41. The lowest BCUT2D eigenvalue weighted by atomic mass is 9.79. The van der Waals surface area contributed by atoms with E-state index >= 15 is 0 Å². The van der Waals surface area contributed by atoms with E-state index in [9.17, 15) is 8.42 Å². The highest BCUT2D eigenvalue weighted by Gasteiger charge is 2.52. The number of rotatable bonds is 3. The topological polar surface area (TPSA) is 57.5 Å². The molecule has 1 aromatic heterocycles. The minimum absolute atomic E-state index is 0.252. The quantitative estimate of drug-likeness (QED) is 0.616. The number of aryl methyl sites for hydroxylation is 2. The first-order chi connectivity index (χ1) is 13.4. The molecule has 0 spiro atoms. The van der Waals surface area contributed by atoms with Crippen LogP contribution in [0, 0.1) is 13.8 Å². The number of hydrogen-bond acceptors (Lipinski definition) is 4. The third kappa shape index (κ3) is 3.21. The van der Waals surface area contributed by atoms with Crippen molar-refractivity contribution in [2.75, 3.05) is 0 Å². The fourth-order valence-corrected chi connectivity index (χ4v) is 4.88. The molecule has 2 heterocycles. The summed E-state index contributed by atoms with van der Waals surface area (Å²) in [5.74, 6) is 0. The molecule has 0 amide bonds. The van der Waals surface area contributed by atoms with E-state index in [2.05, 4.69) is 0 Å². The Morgan fingerprint density at radius 3 is 2.00 bits per heavy atom. The number of hydrogen-bond donors (Lipinski definition) is 0. The first-order valence-corrected chi connectivity index (χ1v) is 11.2. The van der Waals surface area contributed by atoms with Crippen LogP contribution >= 0.6 is 0 Å². The molecular formula is C22H26BNO4S. The van der Waals surface area contributed by atoms with Gasteiger partial charge >= 0.3 is 7.12 Å². The van der Waals surface area contributed by atoms with Crippen molar-refractivity contribution in [3.05, 3.63) is 59.8 Å². The van der Waals surface area contributed by atoms with Gasteiger partial charge in [0.2, 0.25) is 0 Å². The van der Waals surface area contributed by atoms with Gasteiger partial charge in [-0.15, -0.1) is 0 Å². The Kier molecular flexibility index (Phi) is 4.50. The Balaban J connectivity index is 1.91. The Morgan fingerprint density at radius 1 is 0.862 bits per heavy atom. The summed E-state index contributed by atoms with van der Waals surface area (Å²) in [4.78, 5) is 0.252. The van der Waals surface area contributed by atoms with Crippen molar-refractivity contribution in [1.82, 2.24) is 3.97 Å². The van der Waals surface area contributed by atoms with Crippen LogP contribution in [0.5, 0.6) is 0 Å². The van der Waals surface area contributed by atoms with Crippen LogP contribution in [0.3, 0.4) is 0 Å². The van der Waals surface area contributed by atoms with Gasteiger partial charge in [0.05, 0.1) is 21.6 Å². The summed E-state index contributed by atoms with van der Waals surface area (Å²) in [7, 11) is -4.40. The van der Waals surface area contributed by atoms with E-state index in [1.807, 2.05) is 59.7 Å². The molecule has 0 saturated carbocycles. The summed E-state index contributed by atoms with van der Waals surface area (Å²) in [6.45, 7) is 11.8. The van der Waals surface area contributed by atoms with E-state index in [1.54, 1.807) is 30.5 Å². The van der Waals surface area contributed by atoms with Crippen LogP contribution in [0.1, 0.15) is 38.8 Å². The maximum Gasteiger partial charge on any atom is 0.497 e. The molecule has 1 aliphatic rings. The van der Waals surface area contributed by atoms with Gasteiger partial charge < -0.3 is 9.31 Å². The van der Waals surface area contributed by atoms with Crippen molar-refractivity contribution in [1.29, 1.82) is 0 Å². The van der Waals surface area contributed by atoms with Crippen molar-refractivity contribution in [3.63, 3.8) is 0 Å². The van der Waals surface area contributed by atoms with Gasteiger partial charge in [-0.25, -0.2) is 12.4 Å². The summed E-state index contributed by atoms with van der Waals surface area (Å²) in [5, 5.41) is 0.810. The molecule has 3 aromatic rings. The lowest BCUT2D eigenvalue weighted by molar-refractivity contribution is 0.00578. The Morgan fingerprint density at radius 2 is 1.41 bits per heavy atom. The zero-order valence-electron chi connectivity index (χ0n) is 17.7. The van der Waals surface area contributed by atoms with Gasteiger partial charge in [0.15, 0.2) is 0 Å². The van der Waals surface area contributed by atoms with Gasteiger partial charge in [-0.1, -0.05) is 29.8 Å². The zero-order chi connectivity index (χ0) is 21.2. The van der Waals surface area contributed by atoms with Gasteiger partial charge in [0.25, 0.3) is 10.0 Å². The van der Waals surface area contributed by atoms with Gasteiger partial charge in [-0.3, -0.25) is 0 Å². The molecule has 5 nitrogen and oxygen atoms in total. The minimum atomic E-state index is -3.76. The smallest absolute Gasteiger partial charge is 0.399 e. The second kappa shape index (κ2) is 6.46. The predicted molar refractivity (Wildman–Crippen MR) is 116 cm³/mol. The normalized spacial score (nSPS) is 18.5. The third-order valence-corrected chi connectivity index (χ3v) is 7.73. The first kappa shape index (κ1) is 20.2. The van der Waals surface area contributed by atoms with Crippen LogP contribution in [-0.2, 0) is 19.3 Å². The molecule has 0 unspecified atom stereocenters. The Labute approximate surface area is 172 Å². The summed E-state index contributed by atoms with van der Waals surface area (Å²) >= 11 is 0. The maximum absolute atomic E-state index is 13.4. The van der Waals surface area contributed by atoms with Crippen molar-refractivity contribution in [2.45, 2.75) is 57.6 Å². The van der Waals surface area contributed by atoms with Gasteiger partial charge in [-0.2, -0.15) is 0 Å². The summed E-state index contributed by atoms with van der Waals surface area (Å²) < 4.78 is 40.6. The third-order valence-electron chi connectivity index (χ3n) is 6.04. The Bertz CT molecular complexity index is 1180. The fraction of sp³-hybridized carbons (Fsp3) is 0.364. The molecule has 7 heteroatoms. The molecule has 4 rings (SSSR count). The van der Waals surface area contributed by atoms with Gasteiger partial charge in [0, 0.05) is 17.0 Å². The van der Waals surface area contributed by atoms with E-state index in [-0.39, 0.29) is 4.90 Å². The second-order valence-corrected chi connectivity index (χ2v) is 10.6. The van der Waals surface area contributed by atoms with Gasteiger partial charge in [0.1, 0.15) is 0 Å². The maximum atomic E-state index is 13.4. The van der Waals surface area contributed by atoms with E-state index in [0.29, 0.717) is 11.0 Å². The van der Waals surface area contributed by atoms with Gasteiger partial charge in [-0.05, 0) is 65.3 Å². The number of fused-ring (bicyclic) bond motifs is 1. The fourth-order valence-electron chi connectivity index (χ4n) is 3.51. The van der Waals surface area contributed by atoms with Crippen LogP contribution in [0.25, 0.3) is 10.9 Å². The molecule has 0 bridgehead atoms. The van der Waals surface area contributed by atoms with Crippen LogP contribution < -0.4 is 5.46 Å². The molecule has 0 aliphatic carbocycles. The summed E-state index contributed by atoms with van der Waals surface area (Å²) in [6.07, 6.45) is 1.64. The Hall–Kier alpha value is -2.09. The second-order valence-electron chi connectivity index (χ2n) is 8.81. The lowest BCUT2D eigenvalue weighted by Gasteiger charge is -2.32.